The van der Waals surface area contributed by atoms with Crippen molar-refractivity contribution < 1.29 is 13.2 Å². The number of thiophene rings is 1. The van der Waals surface area contributed by atoms with Crippen LogP contribution in [-0.2, 0) is 10.0 Å². The number of anilines is 3. The zero-order chi connectivity index (χ0) is 17.9. The number of methoxy groups -OCH3 is 1. The second kappa shape index (κ2) is 7.12. The smallest absolute Gasteiger partial charge is 0.271 e. The van der Waals surface area contributed by atoms with Crippen molar-refractivity contribution in [3.63, 3.8) is 0 Å². The van der Waals surface area contributed by atoms with E-state index >= 15 is 0 Å². The molecule has 0 amide bonds. The van der Waals surface area contributed by atoms with Gasteiger partial charge in [0.25, 0.3) is 10.0 Å². The summed E-state index contributed by atoms with van der Waals surface area (Å²) in [5.41, 5.74) is 2.28. The number of aryl methyl sites for hydroxylation is 1. The van der Waals surface area contributed by atoms with Crippen molar-refractivity contribution in [2.45, 2.75) is 11.1 Å². The third kappa shape index (κ3) is 4.09. The Hall–Kier alpha value is -2.58. The summed E-state index contributed by atoms with van der Waals surface area (Å²) in [6.45, 7) is 1.99. The minimum absolute atomic E-state index is 0.263. The maximum atomic E-state index is 12.2. The summed E-state index contributed by atoms with van der Waals surface area (Å²) in [6, 6.07) is 12.4. The first-order valence-corrected chi connectivity index (χ1v) is 9.78. The molecule has 0 aliphatic rings. The summed E-state index contributed by atoms with van der Waals surface area (Å²) in [5.74, 6) is 1.29. The Balaban J connectivity index is 1.76. The number of nitrogens with zero attached hydrogens (tertiary/aromatic N) is 1. The number of hydrogen-bond acceptors (Lipinski definition) is 6. The summed E-state index contributed by atoms with van der Waals surface area (Å²) in [7, 11) is -1.97. The molecule has 0 saturated heterocycles. The zero-order valence-corrected chi connectivity index (χ0v) is 15.3. The van der Waals surface area contributed by atoms with Crippen molar-refractivity contribution in [2.75, 3.05) is 17.1 Å². The summed E-state index contributed by atoms with van der Waals surface area (Å²) in [6.07, 6.45) is 1.47. The molecular formula is C17H17N3O3S2. The third-order valence-corrected chi connectivity index (χ3v) is 6.17. The molecule has 0 aliphatic carbocycles. The van der Waals surface area contributed by atoms with Crippen molar-refractivity contribution >= 4 is 38.6 Å². The summed E-state index contributed by atoms with van der Waals surface area (Å²) < 4.78 is 32.5. The van der Waals surface area contributed by atoms with Gasteiger partial charge in [-0.2, -0.15) is 0 Å². The average molecular weight is 375 g/mol. The molecule has 2 aromatic heterocycles. The maximum Gasteiger partial charge on any atom is 0.271 e. The molecule has 6 nitrogen and oxygen atoms in total. The van der Waals surface area contributed by atoms with E-state index in [0.717, 1.165) is 22.6 Å². The Bertz CT molecular complexity index is 953. The van der Waals surface area contributed by atoms with Gasteiger partial charge in [-0.1, -0.05) is 12.1 Å². The third-order valence-electron chi connectivity index (χ3n) is 3.39. The Morgan fingerprint density at radius 1 is 1.16 bits per heavy atom. The zero-order valence-electron chi connectivity index (χ0n) is 13.7. The van der Waals surface area contributed by atoms with Crippen molar-refractivity contribution in [1.29, 1.82) is 0 Å². The van der Waals surface area contributed by atoms with Gasteiger partial charge in [0.2, 0.25) is 0 Å². The van der Waals surface area contributed by atoms with Gasteiger partial charge in [0.15, 0.2) is 0 Å². The Morgan fingerprint density at radius 2 is 2.00 bits per heavy atom. The number of nitrogens with one attached hydrogen (secondary N) is 2. The van der Waals surface area contributed by atoms with E-state index in [1.54, 1.807) is 36.8 Å². The van der Waals surface area contributed by atoms with E-state index in [2.05, 4.69) is 15.0 Å². The SMILES string of the molecule is COc1ccc(C)cc1Nc1ccc(NS(=O)(=O)c2cccs2)cn1. The molecule has 0 atom stereocenters. The Labute approximate surface area is 150 Å². The number of sulfonamides is 1. The van der Waals surface area contributed by atoms with E-state index in [1.165, 1.54) is 6.20 Å². The molecular weight excluding hydrogens is 358 g/mol. The number of benzene rings is 1. The molecule has 0 radical (unpaired) electrons. The van der Waals surface area contributed by atoms with Gasteiger partial charge < -0.3 is 10.1 Å². The van der Waals surface area contributed by atoms with Crippen LogP contribution in [0, 0.1) is 6.92 Å². The predicted octanol–water partition coefficient (Wildman–Crippen LogP) is 4.00. The van der Waals surface area contributed by atoms with E-state index in [4.69, 9.17) is 4.74 Å². The second-order valence-corrected chi connectivity index (χ2v) is 8.16. The monoisotopic (exact) mass is 375 g/mol. The van der Waals surface area contributed by atoms with Crippen LogP contribution in [0.25, 0.3) is 0 Å². The summed E-state index contributed by atoms with van der Waals surface area (Å²) in [5, 5.41) is 4.89. The molecule has 2 heterocycles. The highest BCUT2D eigenvalue weighted by Gasteiger charge is 2.15. The number of pyridine rings is 1. The van der Waals surface area contributed by atoms with Gasteiger partial charge in [-0.25, -0.2) is 13.4 Å². The number of rotatable bonds is 6. The van der Waals surface area contributed by atoms with E-state index < -0.39 is 10.0 Å². The largest absolute Gasteiger partial charge is 0.495 e. The molecule has 0 unspecified atom stereocenters. The van der Waals surface area contributed by atoms with Crippen LogP contribution >= 0.6 is 11.3 Å². The van der Waals surface area contributed by atoms with Crippen LogP contribution < -0.4 is 14.8 Å². The molecule has 130 valence electrons. The maximum absolute atomic E-state index is 12.2. The Kier molecular flexibility index (Phi) is 4.91. The van der Waals surface area contributed by atoms with E-state index in [9.17, 15) is 8.42 Å². The number of hydrogen-bond donors (Lipinski definition) is 2. The van der Waals surface area contributed by atoms with Crippen molar-refractivity contribution in [3.8, 4) is 5.75 Å². The van der Waals surface area contributed by atoms with Crippen LogP contribution in [0.1, 0.15) is 5.56 Å². The lowest BCUT2D eigenvalue weighted by atomic mass is 10.2. The lowest BCUT2D eigenvalue weighted by molar-refractivity contribution is 0.416. The fourth-order valence-corrected chi connectivity index (χ4v) is 4.24. The molecule has 0 aliphatic heterocycles. The number of ether oxygens (including phenoxy) is 1. The molecule has 0 saturated carbocycles. The first-order valence-electron chi connectivity index (χ1n) is 7.42. The second-order valence-electron chi connectivity index (χ2n) is 5.30. The topological polar surface area (TPSA) is 80.3 Å². The summed E-state index contributed by atoms with van der Waals surface area (Å²) >= 11 is 1.16. The molecule has 0 fully saturated rings. The van der Waals surface area contributed by atoms with E-state index in [1.807, 2.05) is 25.1 Å². The van der Waals surface area contributed by atoms with Gasteiger partial charge in [-0.3, -0.25) is 4.72 Å². The standard InChI is InChI=1S/C17H17N3O3S2/c1-12-5-7-15(23-2)14(10-12)19-16-8-6-13(11-18-16)20-25(21,22)17-4-3-9-24-17/h3-11,20H,1-2H3,(H,18,19). The van der Waals surface area contributed by atoms with Gasteiger partial charge in [0.05, 0.1) is 24.7 Å². The van der Waals surface area contributed by atoms with Crippen LogP contribution in [0.4, 0.5) is 17.2 Å². The highest BCUT2D eigenvalue weighted by molar-refractivity contribution is 7.94. The van der Waals surface area contributed by atoms with Crippen LogP contribution in [0.5, 0.6) is 5.75 Å². The Morgan fingerprint density at radius 3 is 2.64 bits per heavy atom. The van der Waals surface area contributed by atoms with Gasteiger partial charge in [0, 0.05) is 0 Å². The number of aromatic nitrogens is 1. The first kappa shape index (κ1) is 17.2. The van der Waals surface area contributed by atoms with Gasteiger partial charge in [-0.05, 0) is 48.2 Å². The lowest BCUT2D eigenvalue weighted by Gasteiger charge is -2.12. The van der Waals surface area contributed by atoms with Crippen LogP contribution in [0.2, 0.25) is 0 Å². The fourth-order valence-electron chi connectivity index (χ4n) is 2.21. The first-order chi connectivity index (χ1) is 12.0. The van der Waals surface area contributed by atoms with E-state index in [-0.39, 0.29) is 4.21 Å². The fraction of sp³-hybridized carbons (Fsp3) is 0.118. The van der Waals surface area contributed by atoms with Crippen molar-refractivity contribution in [1.82, 2.24) is 4.98 Å². The lowest BCUT2D eigenvalue weighted by Crippen LogP contribution is -2.11. The van der Waals surface area contributed by atoms with Gasteiger partial charge in [0.1, 0.15) is 15.8 Å². The minimum Gasteiger partial charge on any atom is -0.495 e. The van der Waals surface area contributed by atoms with Gasteiger partial charge in [-0.15, -0.1) is 11.3 Å². The van der Waals surface area contributed by atoms with E-state index in [0.29, 0.717) is 17.3 Å². The van der Waals surface area contributed by atoms with Crippen molar-refractivity contribution in [2.24, 2.45) is 0 Å². The van der Waals surface area contributed by atoms with Crippen molar-refractivity contribution in [3.05, 3.63) is 59.6 Å². The van der Waals surface area contributed by atoms with Gasteiger partial charge >= 0.3 is 0 Å². The van der Waals surface area contributed by atoms with Crippen LogP contribution in [0.15, 0.2) is 58.3 Å². The minimum atomic E-state index is -3.57. The highest BCUT2D eigenvalue weighted by atomic mass is 32.2. The van der Waals surface area contributed by atoms with Crippen LogP contribution in [0.3, 0.4) is 0 Å². The summed E-state index contributed by atoms with van der Waals surface area (Å²) in [4.78, 5) is 4.25. The molecule has 8 heteroatoms. The molecule has 25 heavy (non-hydrogen) atoms. The van der Waals surface area contributed by atoms with Crippen LogP contribution in [-0.4, -0.2) is 20.5 Å². The highest BCUT2D eigenvalue weighted by Crippen LogP contribution is 2.28. The predicted molar refractivity (Wildman–Crippen MR) is 100 cm³/mol. The molecule has 3 aromatic rings. The molecule has 0 spiro atoms. The average Bonchev–Trinajstić information content (AvgIpc) is 3.12. The molecule has 1 aromatic carbocycles. The normalized spacial score (nSPS) is 11.1. The molecule has 0 bridgehead atoms. The quantitative estimate of drug-likeness (QED) is 0.680. The molecule has 3 rings (SSSR count). The molecule has 2 N–H and O–H groups in total.